The predicted molar refractivity (Wildman–Crippen MR) is 117 cm³/mol. The van der Waals surface area contributed by atoms with Gasteiger partial charge in [-0.15, -0.1) is 0 Å². The van der Waals surface area contributed by atoms with Gasteiger partial charge < -0.3 is 10.6 Å². The Labute approximate surface area is 175 Å². The summed E-state index contributed by atoms with van der Waals surface area (Å²) in [7, 11) is 0. The van der Waals surface area contributed by atoms with E-state index in [2.05, 4.69) is 10.6 Å². The quantitative estimate of drug-likeness (QED) is 0.544. The Balaban J connectivity index is 1.60. The Kier molecular flexibility index (Phi) is 7.16. The number of aryl methyl sites for hydroxylation is 1. The zero-order valence-electron chi connectivity index (χ0n) is 16.8. The molecule has 0 unspecified atom stereocenters. The normalized spacial score (nSPS) is 10.3. The highest BCUT2D eigenvalue weighted by atomic mass is 19.1. The molecule has 0 atom stereocenters. The summed E-state index contributed by atoms with van der Waals surface area (Å²) in [5.74, 6) is -0.657. The van der Waals surface area contributed by atoms with Crippen molar-refractivity contribution < 1.29 is 14.0 Å². The van der Waals surface area contributed by atoms with Crippen molar-refractivity contribution in [2.24, 2.45) is 0 Å². The van der Waals surface area contributed by atoms with Crippen molar-refractivity contribution in [2.45, 2.75) is 13.3 Å². The van der Waals surface area contributed by atoms with Crippen molar-refractivity contribution in [1.29, 1.82) is 0 Å². The zero-order chi connectivity index (χ0) is 21.3. The summed E-state index contributed by atoms with van der Waals surface area (Å²) in [5, 5.41) is 5.76. The molecule has 2 N–H and O–H groups in total. The molecule has 0 spiro atoms. The topological polar surface area (TPSA) is 61.4 Å². The summed E-state index contributed by atoms with van der Waals surface area (Å²) in [6, 6.07) is 22.1. The van der Waals surface area contributed by atoms with E-state index in [1.54, 1.807) is 4.90 Å². The standard InChI is InChI=1S/C24H24FN3O2/c1-18-8-5-6-11-22(18)27-24(30)28(21-9-3-2-4-10-21)17-7-16-26-23(29)19-12-14-20(25)15-13-19/h2-6,8-15H,7,16-17H2,1H3,(H,26,29)(H,27,30). The van der Waals surface area contributed by atoms with Crippen LogP contribution in [0.25, 0.3) is 0 Å². The maximum atomic E-state index is 13.0. The van der Waals surface area contributed by atoms with E-state index in [0.717, 1.165) is 16.9 Å². The number of amides is 3. The summed E-state index contributed by atoms with van der Waals surface area (Å²) < 4.78 is 13.0. The predicted octanol–water partition coefficient (Wildman–Crippen LogP) is 4.99. The fraction of sp³-hybridized carbons (Fsp3) is 0.167. The van der Waals surface area contributed by atoms with E-state index in [1.807, 2.05) is 61.5 Å². The van der Waals surface area contributed by atoms with Gasteiger partial charge in [0.25, 0.3) is 5.91 Å². The van der Waals surface area contributed by atoms with E-state index >= 15 is 0 Å². The van der Waals surface area contributed by atoms with Gasteiger partial charge in [0, 0.05) is 30.0 Å². The minimum atomic E-state index is -0.385. The molecule has 0 saturated heterocycles. The number of nitrogens with zero attached hydrogens (tertiary/aromatic N) is 1. The van der Waals surface area contributed by atoms with Crippen molar-refractivity contribution in [2.75, 3.05) is 23.3 Å². The third kappa shape index (κ3) is 5.67. The number of para-hydroxylation sites is 2. The molecule has 3 aromatic rings. The average Bonchev–Trinajstić information content (AvgIpc) is 2.76. The number of hydrogen-bond donors (Lipinski definition) is 2. The number of halogens is 1. The van der Waals surface area contributed by atoms with Gasteiger partial charge in [0.15, 0.2) is 0 Å². The Hall–Kier alpha value is -3.67. The number of rotatable bonds is 7. The monoisotopic (exact) mass is 405 g/mol. The molecular formula is C24H24FN3O2. The lowest BCUT2D eigenvalue weighted by molar-refractivity contribution is 0.0953. The van der Waals surface area contributed by atoms with Crippen molar-refractivity contribution >= 4 is 23.3 Å². The summed E-state index contributed by atoms with van der Waals surface area (Å²) in [4.78, 5) is 26.7. The zero-order valence-corrected chi connectivity index (χ0v) is 16.8. The minimum absolute atomic E-state index is 0.236. The first-order chi connectivity index (χ1) is 14.5. The van der Waals surface area contributed by atoms with E-state index in [1.165, 1.54) is 24.3 Å². The van der Waals surface area contributed by atoms with Crippen LogP contribution in [-0.2, 0) is 0 Å². The molecule has 6 heteroatoms. The molecule has 0 bridgehead atoms. The van der Waals surface area contributed by atoms with Gasteiger partial charge in [0.1, 0.15) is 5.82 Å². The van der Waals surface area contributed by atoms with Crippen molar-refractivity contribution in [3.63, 3.8) is 0 Å². The first-order valence-electron chi connectivity index (χ1n) is 9.77. The van der Waals surface area contributed by atoms with Crippen LogP contribution in [0.4, 0.5) is 20.6 Å². The van der Waals surface area contributed by atoms with Gasteiger partial charge in [-0.05, 0) is 61.4 Å². The highest BCUT2D eigenvalue weighted by molar-refractivity contribution is 6.02. The fourth-order valence-electron chi connectivity index (χ4n) is 2.99. The van der Waals surface area contributed by atoms with Crippen LogP contribution in [0.2, 0.25) is 0 Å². The van der Waals surface area contributed by atoms with Gasteiger partial charge in [0.2, 0.25) is 0 Å². The lowest BCUT2D eigenvalue weighted by Crippen LogP contribution is -2.37. The van der Waals surface area contributed by atoms with Crippen LogP contribution in [0.15, 0.2) is 78.9 Å². The molecule has 3 amide bonds. The fourth-order valence-corrected chi connectivity index (χ4v) is 2.99. The van der Waals surface area contributed by atoms with Crippen LogP contribution in [-0.4, -0.2) is 25.0 Å². The number of benzene rings is 3. The molecule has 0 fully saturated rings. The first kappa shape index (κ1) is 21.0. The van der Waals surface area contributed by atoms with Gasteiger partial charge in [-0.1, -0.05) is 36.4 Å². The summed E-state index contributed by atoms with van der Waals surface area (Å²) in [5.41, 5.74) is 2.90. The Morgan fingerprint density at radius 2 is 1.57 bits per heavy atom. The van der Waals surface area contributed by atoms with Crippen molar-refractivity contribution in [1.82, 2.24) is 5.32 Å². The number of hydrogen-bond acceptors (Lipinski definition) is 2. The van der Waals surface area contributed by atoms with Crippen LogP contribution >= 0.6 is 0 Å². The first-order valence-corrected chi connectivity index (χ1v) is 9.77. The van der Waals surface area contributed by atoms with Gasteiger partial charge in [0.05, 0.1) is 0 Å². The molecule has 5 nitrogen and oxygen atoms in total. The molecule has 0 aromatic heterocycles. The second kappa shape index (κ2) is 10.2. The summed E-state index contributed by atoms with van der Waals surface area (Å²) >= 11 is 0. The number of carbonyl (C=O) groups is 2. The molecular weight excluding hydrogens is 381 g/mol. The van der Waals surface area contributed by atoms with Gasteiger partial charge in [-0.25, -0.2) is 9.18 Å². The van der Waals surface area contributed by atoms with Crippen LogP contribution < -0.4 is 15.5 Å². The molecule has 0 aliphatic carbocycles. The average molecular weight is 405 g/mol. The van der Waals surface area contributed by atoms with Crippen molar-refractivity contribution in [3.8, 4) is 0 Å². The third-order valence-corrected chi connectivity index (χ3v) is 4.65. The van der Waals surface area contributed by atoms with Crippen LogP contribution in [0, 0.1) is 12.7 Å². The number of nitrogens with one attached hydrogen (secondary N) is 2. The summed E-state index contributed by atoms with van der Waals surface area (Å²) in [6.45, 7) is 2.75. The molecule has 30 heavy (non-hydrogen) atoms. The second-order valence-corrected chi connectivity index (χ2v) is 6.85. The molecule has 154 valence electrons. The molecule has 3 rings (SSSR count). The summed E-state index contributed by atoms with van der Waals surface area (Å²) in [6.07, 6.45) is 0.559. The molecule has 0 aliphatic rings. The van der Waals surface area contributed by atoms with E-state index in [9.17, 15) is 14.0 Å². The Bertz CT molecular complexity index is 991. The Morgan fingerprint density at radius 3 is 2.27 bits per heavy atom. The molecule has 0 heterocycles. The highest BCUT2D eigenvalue weighted by Gasteiger charge is 2.16. The van der Waals surface area contributed by atoms with Crippen LogP contribution in [0.1, 0.15) is 22.3 Å². The third-order valence-electron chi connectivity index (χ3n) is 4.65. The number of carbonyl (C=O) groups excluding carboxylic acids is 2. The van der Waals surface area contributed by atoms with Crippen molar-refractivity contribution in [3.05, 3.63) is 95.8 Å². The molecule has 0 aliphatic heterocycles. The molecule has 0 saturated carbocycles. The van der Waals surface area contributed by atoms with E-state index in [-0.39, 0.29) is 17.8 Å². The SMILES string of the molecule is Cc1ccccc1NC(=O)N(CCCNC(=O)c1ccc(F)cc1)c1ccccc1. The number of urea groups is 1. The lowest BCUT2D eigenvalue weighted by Gasteiger charge is -2.24. The molecule has 3 aromatic carbocycles. The number of anilines is 2. The van der Waals surface area contributed by atoms with Gasteiger partial charge >= 0.3 is 6.03 Å². The largest absolute Gasteiger partial charge is 0.352 e. The van der Waals surface area contributed by atoms with E-state index < -0.39 is 0 Å². The minimum Gasteiger partial charge on any atom is -0.352 e. The van der Waals surface area contributed by atoms with Crippen LogP contribution in [0.5, 0.6) is 0 Å². The lowest BCUT2D eigenvalue weighted by atomic mass is 10.2. The van der Waals surface area contributed by atoms with Crippen LogP contribution in [0.3, 0.4) is 0 Å². The molecule has 0 radical (unpaired) electrons. The van der Waals surface area contributed by atoms with E-state index in [4.69, 9.17) is 0 Å². The second-order valence-electron chi connectivity index (χ2n) is 6.85. The maximum Gasteiger partial charge on any atom is 0.326 e. The Morgan fingerprint density at radius 1 is 0.900 bits per heavy atom. The smallest absolute Gasteiger partial charge is 0.326 e. The van der Waals surface area contributed by atoms with E-state index in [0.29, 0.717) is 25.1 Å². The maximum absolute atomic E-state index is 13.0. The van der Waals surface area contributed by atoms with Gasteiger partial charge in [-0.2, -0.15) is 0 Å². The van der Waals surface area contributed by atoms with Gasteiger partial charge in [-0.3, -0.25) is 9.69 Å². The highest BCUT2D eigenvalue weighted by Crippen LogP contribution is 2.18.